The molecule has 0 heterocycles. The lowest BCUT2D eigenvalue weighted by Crippen LogP contribution is -2.43. The Bertz CT molecular complexity index is 373. The second-order valence-electron chi connectivity index (χ2n) is 4.08. The Balaban J connectivity index is 2.16. The van der Waals surface area contributed by atoms with Gasteiger partial charge in [-0.05, 0) is 43.5 Å². The Hall–Kier alpha value is -1.22. The fraction of sp³-hybridized carbons (Fsp3) is 0.417. The molecule has 1 saturated carbocycles. The highest BCUT2D eigenvalue weighted by Crippen LogP contribution is 2.29. The highest BCUT2D eigenvalue weighted by Gasteiger charge is 2.26. The van der Waals surface area contributed by atoms with Crippen molar-refractivity contribution in [2.75, 3.05) is 11.4 Å². The number of hydrogen-bond acceptors (Lipinski definition) is 2. The minimum atomic E-state index is -0.790. The minimum absolute atomic E-state index is 0.0618. The average Bonchev–Trinajstić information content (AvgIpc) is 2.14. The van der Waals surface area contributed by atoms with Crippen LogP contribution in [0.4, 0.5) is 5.69 Å². The summed E-state index contributed by atoms with van der Waals surface area (Å²) in [4.78, 5) is 12.8. The first kappa shape index (κ1) is 11.3. The van der Waals surface area contributed by atoms with Gasteiger partial charge in [0, 0.05) is 16.8 Å². The summed E-state index contributed by atoms with van der Waals surface area (Å²) >= 11 is 5.81. The molecule has 1 N–H and O–H groups in total. The topological polar surface area (TPSA) is 40.5 Å². The molecule has 1 fully saturated rings. The van der Waals surface area contributed by atoms with Crippen LogP contribution in [0.3, 0.4) is 0 Å². The Kier molecular flexibility index (Phi) is 3.34. The van der Waals surface area contributed by atoms with Gasteiger partial charge in [-0.25, -0.2) is 0 Å². The van der Waals surface area contributed by atoms with Gasteiger partial charge >= 0.3 is 5.97 Å². The quantitative estimate of drug-likeness (QED) is 0.879. The smallest absolute Gasteiger partial charge is 0.323 e. The van der Waals surface area contributed by atoms with Crippen LogP contribution in [-0.2, 0) is 4.79 Å². The molecule has 0 radical (unpaired) electrons. The lowest BCUT2D eigenvalue weighted by atomic mass is 9.91. The molecule has 0 aliphatic heterocycles. The van der Waals surface area contributed by atoms with E-state index < -0.39 is 5.97 Å². The van der Waals surface area contributed by atoms with Crippen LogP contribution in [0.25, 0.3) is 0 Å². The van der Waals surface area contributed by atoms with E-state index in [9.17, 15) is 4.79 Å². The molecule has 1 aliphatic rings. The third kappa shape index (κ3) is 2.47. The summed E-state index contributed by atoms with van der Waals surface area (Å²) in [5, 5.41) is 9.57. The monoisotopic (exact) mass is 239 g/mol. The van der Waals surface area contributed by atoms with Crippen LogP contribution >= 0.6 is 11.6 Å². The van der Waals surface area contributed by atoms with Crippen LogP contribution < -0.4 is 4.90 Å². The first-order valence-electron chi connectivity index (χ1n) is 5.41. The number of carboxylic acid groups (broad SMARTS) is 1. The second kappa shape index (κ2) is 4.74. The molecule has 0 aromatic heterocycles. The van der Waals surface area contributed by atoms with E-state index in [2.05, 4.69) is 0 Å². The van der Waals surface area contributed by atoms with Gasteiger partial charge in [0.1, 0.15) is 6.54 Å². The molecule has 0 spiro atoms. The van der Waals surface area contributed by atoms with E-state index in [1.54, 1.807) is 12.1 Å². The number of benzene rings is 1. The fourth-order valence-electron chi connectivity index (χ4n) is 1.91. The number of carbonyl (C=O) groups is 1. The summed E-state index contributed by atoms with van der Waals surface area (Å²) in [7, 11) is 0. The molecule has 1 aromatic rings. The van der Waals surface area contributed by atoms with Gasteiger partial charge in [-0.3, -0.25) is 4.79 Å². The molecule has 0 bridgehead atoms. The predicted octanol–water partition coefficient (Wildman–Crippen LogP) is 2.78. The average molecular weight is 240 g/mol. The summed E-state index contributed by atoms with van der Waals surface area (Å²) in [5.74, 6) is -0.790. The second-order valence-corrected chi connectivity index (χ2v) is 4.52. The van der Waals surface area contributed by atoms with Crippen molar-refractivity contribution in [3.63, 3.8) is 0 Å². The van der Waals surface area contributed by atoms with Crippen LogP contribution in [0.2, 0.25) is 5.02 Å². The SMILES string of the molecule is O=C(O)CN(c1ccc(Cl)cc1)C1CCC1. The normalized spacial score (nSPS) is 15.6. The molecule has 16 heavy (non-hydrogen) atoms. The minimum Gasteiger partial charge on any atom is -0.480 e. The van der Waals surface area contributed by atoms with Crippen molar-refractivity contribution < 1.29 is 9.90 Å². The molecule has 4 heteroatoms. The molecule has 0 saturated heterocycles. The van der Waals surface area contributed by atoms with E-state index in [0.29, 0.717) is 11.1 Å². The molecular weight excluding hydrogens is 226 g/mol. The van der Waals surface area contributed by atoms with Gasteiger partial charge in [0.05, 0.1) is 0 Å². The zero-order valence-electron chi connectivity index (χ0n) is 8.90. The van der Waals surface area contributed by atoms with Crippen molar-refractivity contribution in [3.05, 3.63) is 29.3 Å². The van der Waals surface area contributed by atoms with Gasteiger partial charge in [-0.2, -0.15) is 0 Å². The van der Waals surface area contributed by atoms with Crippen molar-refractivity contribution in [1.82, 2.24) is 0 Å². The number of nitrogens with zero attached hydrogens (tertiary/aromatic N) is 1. The van der Waals surface area contributed by atoms with Crippen LogP contribution in [0.1, 0.15) is 19.3 Å². The standard InChI is InChI=1S/C12H14ClNO2/c13-9-4-6-11(7-5-9)14(8-12(15)16)10-2-1-3-10/h4-7,10H,1-3,8H2,(H,15,16). The molecule has 1 aromatic carbocycles. The number of rotatable bonds is 4. The van der Waals surface area contributed by atoms with Gasteiger partial charge < -0.3 is 10.0 Å². The zero-order valence-corrected chi connectivity index (χ0v) is 9.65. The van der Waals surface area contributed by atoms with Crippen molar-refractivity contribution in [2.45, 2.75) is 25.3 Å². The number of hydrogen-bond donors (Lipinski definition) is 1. The molecule has 0 amide bonds. The third-order valence-corrected chi connectivity index (χ3v) is 3.23. The van der Waals surface area contributed by atoms with Gasteiger partial charge in [-0.15, -0.1) is 0 Å². The van der Waals surface area contributed by atoms with E-state index in [1.807, 2.05) is 17.0 Å². The van der Waals surface area contributed by atoms with Gasteiger partial charge in [0.2, 0.25) is 0 Å². The predicted molar refractivity (Wildman–Crippen MR) is 64.1 cm³/mol. The van der Waals surface area contributed by atoms with Gasteiger partial charge in [0.25, 0.3) is 0 Å². The summed E-state index contributed by atoms with van der Waals surface area (Å²) < 4.78 is 0. The first-order chi connectivity index (χ1) is 7.66. The summed E-state index contributed by atoms with van der Waals surface area (Å²) in [6.45, 7) is 0.0618. The van der Waals surface area contributed by atoms with Crippen molar-refractivity contribution in [2.24, 2.45) is 0 Å². The lowest BCUT2D eigenvalue weighted by molar-refractivity contribution is -0.135. The molecular formula is C12H14ClNO2. The third-order valence-electron chi connectivity index (χ3n) is 2.98. The van der Waals surface area contributed by atoms with Crippen LogP contribution in [0.15, 0.2) is 24.3 Å². The van der Waals surface area contributed by atoms with Gasteiger partial charge in [0.15, 0.2) is 0 Å². The Morgan fingerprint density at radius 3 is 2.44 bits per heavy atom. The first-order valence-corrected chi connectivity index (χ1v) is 5.78. The maximum Gasteiger partial charge on any atom is 0.323 e. The molecule has 0 atom stereocenters. The Morgan fingerprint density at radius 1 is 1.38 bits per heavy atom. The van der Waals surface area contributed by atoms with E-state index in [-0.39, 0.29) is 6.54 Å². The van der Waals surface area contributed by atoms with Crippen molar-refractivity contribution in [3.8, 4) is 0 Å². The Morgan fingerprint density at radius 2 is 2.00 bits per heavy atom. The van der Waals surface area contributed by atoms with Gasteiger partial charge in [-0.1, -0.05) is 11.6 Å². The maximum atomic E-state index is 10.8. The molecule has 86 valence electrons. The van der Waals surface area contributed by atoms with Crippen LogP contribution in [0.5, 0.6) is 0 Å². The molecule has 0 unspecified atom stereocenters. The van der Waals surface area contributed by atoms with Crippen molar-refractivity contribution >= 4 is 23.3 Å². The van der Waals surface area contributed by atoms with Crippen LogP contribution in [-0.4, -0.2) is 23.7 Å². The number of anilines is 1. The number of halogens is 1. The number of carboxylic acids is 1. The number of aliphatic carboxylic acids is 1. The summed E-state index contributed by atoms with van der Waals surface area (Å²) in [6.07, 6.45) is 3.35. The molecule has 3 nitrogen and oxygen atoms in total. The van der Waals surface area contributed by atoms with E-state index in [4.69, 9.17) is 16.7 Å². The van der Waals surface area contributed by atoms with E-state index >= 15 is 0 Å². The highest BCUT2D eigenvalue weighted by molar-refractivity contribution is 6.30. The maximum absolute atomic E-state index is 10.8. The Labute approximate surface area is 99.6 Å². The summed E-state index contributed by atoms with van der Waals surface area (Å²) in [5.41, 5.74) is 0.941. The highest BCUT2D eigenvalue weighted by atomic mass is 35.5. The fourth-order valence-corrected chi connectivity index (χ4v) is 2.03. The zero-order chi connectivity index (χ0) is 11.5. The molecule has 2 rings (SSSR count). The largest absolute Gasteiger partial charge is 0.480 e. The van der Waals surface area contributed by atoms with E-state index in [1.165, 1.54) is 6.42 Å². The lowest BCUT2D eigenvalue weighted by Gasteiger charge is -2.38. The van der Waals surface area contributed by atoms with Crippen LogP contribution in [0, 0.1) is 0 Å². The summed E-state index contributed by atoms with van der Waals surface area (Å²) in [6, 6.07) is 7.72. The molecule has 1 aliphatic carbocycles. The van der Waals surface area contributed by atoms with E-state index in [0.717, 1.165) is 18.5 Å². The van der Waals surface area contributed by atoms with Crippen molar-refractivity contribution in [1.29, 1.82) is 0 Å².